The van der Waals surface area contributed by atoms with Gasteiger partial charge in [0.2, 0.25) is 6.79 Å². The molecule has 2 aliphatic heterocycles. The van der Waals surface area contributed by atoms with Crippen molar-refractivity contribution in [3.05, 3.63) is 89.0 Å². The van der Waals surface area contributed by atoms with Gasteiger partial charge in [0.25, 0.3) is 0 Å². The number of aromatic nitrogens is 4. The number of hydrogen-bond acceptors (Lipinski definition) is 8. The van der Waals surface area contributed by atoms with Gasteiger partial charge in [-0.3, -0.25) is 9.89 Å². The lowest BCUT2D eigenvalue weighted by Gasteiger charge is -2.33. The van der Waals surface area contributed by atoms with E-state index in [-0.39, 0.29) is 24.4 Å². The minimum Gasteiger partial charge on any atom is -0.454 e. The van der Waals surface area contributed by atoms with Crippen molar-refractivity contribution in [3.63, 3.8) is 0 Å². The Morgan fingerprint density at radius 2 is 1.92 bits per heavy atom. The second kappa shape index (κ2) is 8.29. The normalized spacial score (nSPS) is 19.9. The molecule has 10 heteroatoms. The van der Waals surface area contributed by atoms with E-state index >= 15 is 0 Å². The van der Waals surface area contributed by atoms with E-state index in [1.165, 1.54) is 11.8 Å². The van der Waals surface area contributed by atoms with Crippen LogP contribution in [0.4, 0.5) is 5.82 Å². The number of nitrogens with one attached hydrogen (secondary N) is 3. The van der Waals surface area contributed by atoms with Gasteiger partial charge in [0.15, 0.2) is 33.3 Å². The van der Waals surface area contributed by atoms with Crippen LogP contribution in [0.5, 0.6) is 11.5 Å². The summed E-state index contributed by atoms with van der Waals surface area (Å²) in [7, 11) is 0. The zero-order valence-electron chi connectivity index (χ0n) is 20.0. The van der Waals surface area contributed by atoms with Crippen LogP contribution in [0, 0.1) is 0 Å². The summed E-state index contributed by atoms with van der Waals surface area (Å²) in [5, 5.41) is 12.2. The number of hydrogen-bond donors (Lipinski definition) is 3. The summed E-state index contributed by atoms with van der Waals surface area (Å²) in [5.74, 6) is 2.67. The van der Waals surface area contributed by atoms with E-state index in [1.807, 2.05) is 60.8 Å². The summed E-state index contributed by atoms with van der Waals surface area (Å²) in [6.45, 7) is 0.225. The molecule has 1 aliphatic carbocycles. The highest BCUT2D eigenvalue weighted by Gasteiger charge is 2.41. The molecule has 0 radical (unpaired) electrons. The molecular formula is C28H21N5O4S. The van der Waals surface area contributed by atoms with Crippen molar-refractivity contribution in [1.29, 1.82) is 0 Å². The molecule has 0 saturated carbocycles. The number of ketones is 1. The number of anilines is 1. The van der Waals surface area contributed by atoms with Crippen LogP contribution >= 0.6 is 11.8 Å². The third-order valence-electron chi connectivity index (χ3n) is 7.37. The van der Waals surface area contributed by atoms with E-state index in [4.69, 9.17) is 13.9 Å². The molecule has 0 amide bonds. The van der Waals surface area contributed by atoms with E-state index in [1.54, 1.807) is 0 Å². The summed E-state index contributed by atoms with van der Waals surface area (Å²) in [4.78, 5) is 21.7. The average Bonchev–Trinajstić information content (AvgIpc) is 3.73. The fourth-order valence-corrected chi connectivity index (χ4v) is 6.39. The van der Waals surface area contributed by atoms with Crippen molar-refractivity contribution < 1.29 is 18.7 Å². The van der Waals surface area contributed by atoms with Crippen LogP contribution in [0.3, 0.4) is 0 Å². The topological polar surface area (TPSA) is 118 Å². The standard InChI is InChI=1S/C28H21N5O4S/c34-20-10-15(14-5-6-21-23(11-14)36-13-35-21)9-19-26(20)25(16-12-29-33-27(16)30-19)22-7-8-24(37-22)38-28-31-17-3-1-2-4-18(17)32-28/h1-8,11-12,15,25H,9-10,13H2,(H,31,32)(H2,29,30,33). The second-order valence-electron chi connectivity index (χ2n) is 9.60. The first-order valence-electron chi connectivity index (χ1n) is 12.4. The lowest BCUT2D eigenvalue weighted by atomic mass is 9.74. The third-order valence-corrected chi connectivity index (χ3v) is 8.17. The summed E-state index contributed by atoms with van der Waals surface area (Å²) < 4.78 is 17.3. The maximum absolute atomic E-state index is 13.7. The van der Waals surface area contributed by atoms with Gasteiger partial charge in [-0.2, -0.15) is 5.10 Å². The number of Topliss-reactive ketones (excluding diaryl/α,β-unsaturated/α-hetero) is 1. The van der Waals surface area contributed by atoms with E-state index in [0.29, 0.717) is 23.7 Å². The van der Waals surface area contributed by atoms with Crippen LogP contribution in [0.15, 0.2) is 86.7 Å². The number of allylic oxidation sites excluding steroid dienone is 2. The summed E-state index contributed by atoms with van der Waals surface area (Å²) in [5.41, 5.74) is 5.46. The van der Waals surface area contributed by atoms with Gasteiger partial charge < -0.3 is 24.2 Å². The molecule has 0 fully saturated rings. The molecule has 3 aliphatic rings. The van der Waals surface area contributed by atoms with Crippen molar-refractivity contribution in [3.8, 4) is 11.5 Å². The van der Waals surface area contributed by atoms with E-state index in [2.05, 4.69) is 25.5 Å². The lowest BCUT2D eigenvalue weighted by Crippen LogP contribution is -2.29. The van der Waals surface area contributed by atoms with Crippen molar-refractivity contribution in [1.82, 2.24) is 20.2 Å². The molecule has 3 aromatic heterocycles. The number of rotatable bonds is 4. The molecule has 2 atom stereocenters. The molecule has 9 nitrogen and oxygen atoms in total. The number of furan rings is 1. The minimum absolute atomic E-state index is 0.0280. The van der Waals surface area contributed by atoms with E-state index in [0.717, 1.165) is 55.9 Å². The monoisotopic (exact) mass is 523 g/mol. The molecule has 5 aromatic rings. The summed E-state index contributed by atoms with van der Waals surface area (Å²) in [6, 6.07) is 17.7. The quantitative estimate of drug-likeness (QED) is 0.274. The molecular weight excluding hydrogens is 502 g/mol. The molecule has 188 valence electrons. The Bertz CT molecular complexity index is 1730. The molecule has 0 saturated heterocycles. The molecule has 2 unspecified atom stereocenters. The van der Waals surface area contributed by atoms with Crippen LogP contribution in [-0.4, -0.2) is 32.7 Å². The Labute approximate surface area is 220 Å². The van der Waals surface area contributed by atoms with Gasteiger partial charge in [0.1, 0.15) is 5.76 Å². The Balaban J connectivity index is 1.13. The van der Waals surface area contributed by atoms with Crippen molar-refractivity contribution in [2.45, 2.75) is 34.9 Å². The van der Waals surface area contributed by atoms with Crippen LogP contribution in [0.1, 0.15) is 41.6 Å². The predicted octanol–water partition coefficient (Wildman–Crippen LogP) is 5.72. The molecule has 3 N–H and O–H groups in total. The van der Waals surface area contributed by atoms with Gasteiger partial charge in [-0.15, -0.1) is 0 Å². The van der Waals surface area contributed by atoms with Crippen LogP contribution < -0.4 is 14.8 Å². The first-order chi connectivity index (χ1) is 18.7. The van der Waals surface area contributed by atoms with Gasteiger partial charge in [0, 0.05) is 29.5 Å². The van der Waals surface area contributed by atoms with Gasteiger partial charge in [-0.1, -0.05) is 18.2 Å². The maximum Gasteiger partial charge on any atom is 0.231 e. The number of carbonyl (C=O) groups excluding carboxylic acids is 1. The third kappa shape index (κ3) is 3.44. The predicted molar refractivity (Wildman–Crippen MR) is 140 cm³/mol. The fraction of sp³-hybridized carbons (Fsp3) is 0.179. The lowest BCUT2D eigenvalue weighted by molar-refractivity contribution is -0.116. The number of ether oxygens (including phenoxy) is 2. The van der Waals surface area contributed by atoms with Crippen molar-refractivity contribution in [2.75, 3.05) is 12.1 Å². The highest BCUT2D eigenvalue weighted by Crippen LogP contribution is 2.49. The molecule has 0 spiro atoms. The molecule has 5 heterocycles. The van der Waals surface area contributed by atoms with Crippen LogP contribution in [0.25, 0.3) is 11.0 Å². The Morgan fingerprint density at radius 1 is 1.00 bits per heavy atom. The SMILES string of the molecule is O=C1CC(c2ccc3c(c2)OCO3)CC2=C1C(c1ccc(Sc3nc4ccccc4[nH]3)o1)c1c[nH]nc1N2. The molecule has 8 rings (SSSR count). The zero-order chi connectivity index (χ0) is 25.2. The molecule has 2 aromatic carbocycles. The second-order valence-corrected chi connectivity index (χ2v) is 10.6. The number of aromatic amines is 2. The van der Waals surface area contributed by atoms with Gasteiger partial charge in [-0.25, -0.2) is 4.98 Å². The number of H-pyrrole nitrogens is 2. The van der Waals surface area contributed by atoms with Crippen LogP contribution in [-0.2, 0) is 4.79 Å². The number of carbonyl (C=O) groups is 1. The first kappa shape index (κ1) is 21.6. The smallest absolute Gasteiger partial charge is 0.231 e. The minimum atomic E-state index is -0.338. The Morgan fingerprint density at radius 3 is 2.87 bits per heavy atom. The van der Waals surface area contributed by atoms with Crippen LogP contribution in [0.2, 0.25) is 0 Å². The van der Waals surface area contributed by atoms with Crippen molar-refractivity contribution >= 4 is 34.4 Å². The van der Waals surface area contributed by atoms with E-state index in [9.17, 15) is 4.79 Å². The van der Waals surface area contributed by atoms with Gasteiger partial charge in [-0.05, 0) is 66.1 Å². The highest BCUT2D eigenvalue weighted by atomic mass is 32.2. The zero-order valence-corrected chi connectivity index (χ0v) is 20.8. The maximum atomic E-state index is 13.7. The number of imidazole rings is 1. The number of nitrogens with zero attached hydrogens (tertiary/aromatic N) is 2. The van der Waals surface area contributed by atoms with Gasteiger partial charge in [0.05, 0.1) is 17.0 Å². The highest BCUT2D eigenvalue weighted by molar-refractivity contribution is 7.99. The summed E-state index contributed by atoms with van der Waals surface area (Å²) in [6.07, 6.45) is 2.93. The molecule has 0 bridgehead atoms. The summed E-state index contributed by atoms with van der Waals surface area (Å²) >= 11 is 1.42. The molecule has 38 heavy (non-hydrogen) atoms. The first-order valence-corrected chi connectivity index (χ1v) is 13.2. The van der Waals surface area contributed by atoms with Gasteiger partial charge >= 0.3 is 0 Å². The number of para-hydroxylation sites is 2. The van der Waals surface area contributed by atoms with E-state index < -0.39 is 0 Å². The number of benzene rings is 2. The fourth-order valence-electron chi connectivity index (χ4n) is 5.62. The Hall–Kier alpha value is -4.44. The average molecular weight is 524 g/mol. The van der Waals surface area contributed by atoms with Crippen molar-refractivity contribution in [2.24, 2.45) is 0 Å². The Kier molecular flexibility index (Phi) is 4.72. The number of fused-ring (bicyclic) bond motifs is 3. The largest absolute Gasteiger partial charge is 0.454 e.